The molecule has 1 rings (SSSR count). The quantitative estimate of drug-likeness (QED) is 0.379. The van der Waals surface area contributed by atoms with Crippen molar-refractivity contribution in [3.8, 4) is 0 Å². The van der Waals surface area contributed by atoms with E-state index in [1.54, 1.807) is 6.08 Å². The molecule has 0 aromatic heterocycles. The third-order valence-electron chi connectivity index (χ3n) is 3.42. The van der Waals surface area contributed by atoms with Crippen LogP contribution >= 0.6 is 0 Å². The Hall–Kier alpha value is -1.65. The van der Waals surface area contributed by atoms with E-state index in [9.17, 15) is 14.4 Å². The molecule has 1 N–H and O–H groups in total. The Labute approximate surface area is 119 Å². The zero-order valence-electron chi connectivity index (χ0n) is 11.8. The van der Waals surface area contributed by atoms with Crippen molar-refractivity contribution in [2.75, 3.05) is 6.54 Å². The van der Waals surface area contributed by atoms with Crippen molar-refractivity contribution in [1.29, 1.82) is 0 Å². The first kappa shape index (κ1) is 16.4. The maximum atomic E-state index is 11.4. The molecule has 0 saturated carbocycles. The molecule has 0 radical (unpaired) electrons. The van der Waals surface area contributed by atoms with Crippen molar-refractivity contribution >= 4 is 17.8 Å². The maximum Gasteiger partial charge on any atom is 0.327 e. The fourth-order valence-corrected chi connectivity index (χ4v) is 2.30. The van der Waals surface area contributed by atoms with Crippen LogP contribution in [0.25, 0.3) is 0 Å². The first-order chi connectivity index (χ1) is 9.61. The minimum absolute atomic E-state index is 0.0276. The lowest BCUT2D eigenvalue weighted by Crippen LogP contribution is -2.29. The van der Waals surface area contributed by atoms with Crippen molar-refractivity contribution in [3.63, 3.8) is 0 Å². The van der Waals surface area contributed by atoms with E-state index in [4.69, 9.17) is 5.11 Å². The Morgan fingerprint density at radius 2 is 1.55 bits per heavy atom. The van der Waals surface area contributed by atoms with Crippen molar-refractivity contribution in [2.45, 2.75) is 57.8 Å². The van der Waals surface area contributed by atoms with Gasteiger partial charge in [-0.1, -0.05) is 31.8 Å². The number of aliphatic carboxylic acids is 1. The Kier molecular flexibility index (Phi) is 7.62. The van der Waals surface area contributed by atoms with Gasteiger partial charge in [-0.25, -0.2) is 4.79 Å². The summed E-state index contributed by atoms with van der Waals surface area (Å²) >= 11 is 0. The van der Waals surface area contributed by atoms with Gasteiger partial charge < -0.3 is 5.11 Å². The average Bonchev–Trinajstić information content (AvgIpc) is 2.71. The minimum Gasteiger partial charge on any atom is -0.478 e. The highest BCUT2D eigenvalue weighted by molar-refractivity contribution is 6.01. The largest absolute Gasteiger partial charge is 0.478 e. The van der Waals surface area contributed by atoms with Gasteiger partial charge in [0.2, 0.25) is 11.8 Å². The Morgan fingerprint density at radius 1 is 1.00 bits per heavy atom. The Bertz CT molecular complexity index is 360. The third kappa shape index (κ3) is 6.50. The van der Waals surface area contributed by atoms with Crippen molar-refractivity contribution in [3.05, 3.63) is 12.2 Å². The van der Waals surface area contributed by atoms with Crippen LogP contribution in [0.1, 0.15) is 57.8 Å². The van der Waals surface area contributed by atoms with E-state index in [1.807, 2.05) is 0 Å². The fourth-order valence-electron chi connectivity index (χ4n) is 2.30. The zero-order chi connectivity index (χ0) is 14.8. The summed E-state index contributed by atoms with van der Waals surface area (Å²) < 4.78 is 0. The number of hydrogen-bond donors (Lipinski definition) is 1. The van der Waals surface area contributed by atoms with Gasteiger partial charge in [0.05, 0.1) is 0 Å². The Morgan fingerprint density at radius 3 is 2.15 bits per heavy atom. The van der Waals surface area contributed by atoms with Gasteiger partial charge >= 0.3 is 5.97 Å². The number of hydrogen-bond acceptors (Lipinski definition) is 3. The molecule has 1 saturated heterocycles. The molecule has 0 aromatic rings. The molecule has 1 fully saturated rings. The summed E-state index contributed by atoms with van der Waals surface area (Å²) in [6.45, 7) is 0.568. The van der Waals surface area contributed by atoms with E-state index in [2.05, 4.69) is 0 Å². The summed E-state index contributed by atoms with van der Waals surface area (Å²) in [4.78, 5) is 34.3. The molecule has 5 nitrogen and oxygen atoms in total. The third-order valence-corrected chi connectivity index (χ3v) is 3.42. The topological polar surface area (TPSA) is 74.7 Å². The van der Waals surface area contributed by atoms with Gasteiger partial charge in [0, 0.05) is 25.5 Å². The van der Waals surface area contributed by atoms with Gasteiger partial charge in [0.1, 0.15) is 0 Å². The second kappa shape index (κ2) is 9.28. The second-order valence-electron chi connectivity index (χ2n) is 5.09. The minimum atomic E-state index is -0.893. The van der Waals surface area contributed by atoms with E-state index in [0.29, 0.717) is 19.4 Å². The fraction of sp³-hybridized carbons (Fsp3) is 0.667. The number of imide groups is 1. The number of carbonyl (C=O) groups excluding carboxylic acids is 2. The standard InChI is InChI=1S/C15H23NO4/c17-13-10-11-14(18)16(13)12-8-6-4-2-1-3-5-7-9-15(19)20/h7,9H,1-6,8,10-12H2,(H,19,20). The number of allylic oxidation sites excluding steroid dienone is 1. The van der Waals surface area contributed by atoms with E-state index in [1.165, 1.54) is 11.0 Å². The van der Waals surface area contributed by atoms with Gasteiger partial charge in [0.25, 0.3) is 0 Å². The zero-order valence-corrected chi connectivity index (χ0v) is 11.8. The SMILES string of the molecule is O=C(O)C=CCCCCCCCCN1C(=O)CCC1=O. The monoisotopic (exact) mass is 281 g/mol. The number of carboxylic acids is 1. The molecule has 0 unspecified atom stereocenters. The van der Waals surface area contributed by atoms with Crippen LogP contribution in [0, 0.1) is 0 Å². The molecule has 0 aliphatic carbocycles. The number of unbranched alkanes of at least 4 members (excludes halogenated alkanes) is 6. The van der Waals surface area contributed by atoms with Gasteiger partial charge in [-0.05, 0) is 19.3 Å². The first-order valence-electron chi connectivity index (χ1n) is 7.34. The van der Waals surface area contributed by atoms with Crippen LogP contribution in [0.15, 0.2) is 12.2 Å². The summed E-state index contributed by atoms with van der Waals surface area (Å²) in [5.41, 5.74) is 0. The lowest BCUT2D eigenvalue weighted by atomic mass is 10.1. The van der Waals surface area contributed by atoms with E-state index in [-0.39, 0.29) is 11.8 Å². The molecule has 0 bridgehead atoms. The van der Waals surface area contributed by atoms with Crippen molar-refractivity contribution < 1.29 is 19.5 Å². The Balaban J connectivity index is 1.91. The van der Waals surface area contributed by atoms with Crippen molar-refractivity contribution in [2.24, 2.45) is 0 Å². The molecule has 5 heteroatoms. The molecule has 20 heavy (non-hydrogen) atoms. The predicted molar refractivity (Wildman–Crippen MR) is 75.0 cm³/mol. The molecule has 112 valence electrons. The average molecular weight is 281 g/mol. The number of amides is 2. The number of nitrogens with zero attached hydrogens (tertiary/aromatic N) is 1. The first-order valence-corrected chi connectivity index (χ1v) is 7.34. The van der Waals surface area contributed by atoms with E-state index in [0.717, 1.165) is 44.9 Å². The highest BCUT2D eigenvalue weighted by Gasteiger charge is 2.27. The van der Waals surface area contributed by atoms with Gasteiger partial charge in [-0.15, -0.1) is 0 Å². The molecule has 0 aromatic carbocycles. The predicted octanol–water partition coefficient (Wildman–Crippen LogP) is 2.51. The highest BCUT2D eigenvalue weighted by Crippen LogP contribution is 2.14. The molecule has 1 aliphatic heterocycles. The molecule has 1 heterocycles. The van der Waals surface area contributed by atoms with Crippen LogP contribution < -0.4 is 0 Å². The summed E-state index contributed by atoms with van der Waals surface area (Å²) in [6.07, 6.45) is 10.7. The van der Waals surface area contributed by atoms with Gasteiger partial charge in [-0.3, -0.25) is 14.5 Å². The molecular formula is C15H23NO4. The number of likely N-dealkylation sites (tertiary alicyclic amines) is 1. The normalized spacial score (nSPS) is 15.5. The van der Waals surface area contributed by atoms with Crippen LogP contribution in [0.4, 0.5) is 0 Å². The van der Waals surface area contributed by atoms with E-state index < -0.39 is 5.97 Å². The van der Waals surface area contributed by atoms with Crippen molar-refractivity contribution in [1.82, 2.24) is 4.90 Å². The van der Waals surface area contributed by atoms with Crippen LogP contribution in [0.5, 0.6) is 0 Å². The lowest BCUT2D eigenvalue weighted by molar-refractivity contribution is -0.138. The molecule has 1 aliphatic rings. The summed E-state index contributed by atoms with van der Waals surface area (Å²) in [5, 5.41) is 8.40. The summed E-state index contributed by atoms with van der Waals surface area (Å²) in [7, 11) is 0. The smallest absolute Gasteiger partial charge is 0.327 e. The van der Waals surface area contributed by atoms with Crippen LogP contribution in [0.2, 0.25) is 0 Å². The summed E-state index contributed by atoms with van der Waals surface area (Å²) in [6, 6.07) is 0. The van der Waals surface area contributed by atoms with Crippen LogP contribution in [-0.4, -0.2) is 34.3 Å². The second-order valence-corrected chi connectivity index (χ2v) is 5.09. The van der Waals surface area contributed by atoms with Gasteiger partial charge in [-0.2, -0.15) is 0 Å². The van der Waals surface area contributed by atoms with Gasteiger partial charge in [0.15, 0.2) is 0 Å². The molecule has 0 atom stereocenters. The highest BCUT2D eigenvalue weighted by atomic mass is 16.4. The maximum absolute atomic E-state index is 11.4. The summed E-state index contributed by atoms with van der Waals surface area (Å²) in [5.74, 6) is -0.948. The number of carboxylic acid groups (broad SMARTS) is 1. The van der Waals surface area contributed by atoms with Crippen LogP contribution in [-0.2, 0) is 14.4 Å². The lowest BCUT2D eigenvalue weighted by Gasteiger charge is -2.12. The van der Waals surface area contributed by atoms with Crippen LogP contribution in [0.3, 0.4) is 0 Å². The molecular weight excluding hydrogens is 258 g/mol. The molecule has 0 spiro atoms. The number of rotatable bonds is 10. The molecule has 2 amide bonds. The number of carbonyl (C=O) groups is 3. The van der Waals surface area contributed by atoms with E-state index >= 15 is 0 Å².